The first-order valence-corrected chi connectivity index (χ1v) is 12.3. The van der Waals surface area contributed by atoms with Crippen LogP contribution in [0.25, 0.3) is 0 Å². The Hall–Kier alpha value is -2.10. The van der Waals surface area contributed by atoms with Gasteiger partial charge in [0.15, 0.2) is 5.78 Å². The quantitative estimate of drug-likeness (QED) is 0.237. The van der Waals surface area contributed by atoms with Gasteiger partial charge in [-0.25, -0.2) is 4.68 Å². The Kier molecular flexibility index (Phi) is 20.3. The smallest absolute Gasteiger partial charge is 0.244 e. The summed E-state index contributed by atoms with van der Waals surface area (Å²) >= 11 is 0. The topological polar surface area (TPSA) is 110 Å². The first-order valence-electron chi connectivity index (χ1n) is 12.3. The van der Waals surface area contributed by atoms with Crippen molar-refractivity contribution in [2.75, 3.05) is 34.0 Å². The Balaban J connectivity index is 0. The SMILES string of the molecule is CC.CC(C)CO.CCC(=O)/C=C/C(=O)NCCCCc1cn(CC(C)(C)OCN(C)C)nn1. The Morgan fingerprint density at radius 3 is 2.38 bits per heavy atom. The first kappa shape index (κ1) is 34.1. The minimum absolute atomic E-state index is 0.0523. The van der Waals surface area contributed by atoms with Crippen LogP contribution in [0.3, 0.4) is 0 Å². The summed E-state index contributed by atoms with van der Waals surface area (Å²) < 4.78 is 7.66. The minimum atomic E-state index is -0.327. The molecule has 0 aromatic carbocycles. The lowest BCUT2D eigenvalue weighted by molar-refractivity contribution is -0.117. The van der Waals surface area contributed by atoms with Crippen LogP contribution in [0.15, 0.2) is 18.3 Å². The summed E-state index contributed by atoms with van der Waals surface area (Å²) in [5.41, 5.74) is 0.602. The van der Waals surface area contributed by atoms with E-state index in [2.05, 4.69) is 15.6 Å². The largest absolute Gasteiger partial charge is 0.396 e. The first-order chi connectivity index (χ1) is 16.0. The molecule has 0 aliphatic rings. The van der Waals surface area contributed by atoms with E-state index < -0.39 is 0 Å². The van der Waals surface area contributed by atoms with Gasteiger partial charge < -0.3 is 15.2 Å². The number of nitrogens with zero attached hydrogens (tertiary/aromatic N) is 4. The number of rotatable bonds is 14. The van der Waals surface area contributed by atoms with Gasteiger partial charge in [0.2, 0.25) is 5.91 Å². The van der Waals surface area contributed by atoms with Gasteiger partial charge in [-0.05, 0) is 59.2 Å². The molecule has 0 spiro atoms. The van der Waals surface area contributed by atoms with Crippen molar-refractivity contribution in [3.8, 4) is 0 Å². The van der Waals surface area contributed by atoms with Crippen molar-refractivity contribution < 1.29 is 19.4 Å². The number of aromatic nitrogens is 3. The number of allylic oxidation sites excluding steroid dienone is 1. The average molecular weight is 484 g/mol. The van der Waals surface area contributed by atoms with E-state index in [-0.39, 0.29) is 17.3 Å². The summed E-state index contributed by atoms with van der Waals surface area (Å²) in [6.45, 7) is 15.8. The van der Waals surface area contributed by atoms with E-state index >= 15 is 0 Å². The number of ketones is 1. The van der Waals surface area contributed by atoms with Crippen molar-refractivity contribution in [1.82, 2.24) is 25.2 Å². The van der Waals surface area contributed by atoms with Crippen LogP contribution in [0.2, 0.25) is 0 Å². The van der Waals surface area contributed by atoms with Crippen molar-refractivity contribution in [1.29, 1.82) is 0 Å². The van der Waals surface area contributed by atoms with Crippen molar-refractivity contribution in [3.05, 3.63) is 24.0 Å². The number of aryl methyl sites for hydroxylation is 1. The maximum Gasteiger partial charge on any atom is 0.244 e. The van der Waals surface area contributed by atoms with Gasteiger partial charge >= 0.3 is 0 Å². The van der Waals surface area contributed by atoms with Crippen LogP contribution in [-0.2, 0) is 27.3 Å². The average Bonchev–Trinajstić information content (AvgIpc) is 3.23. The van der Waals surface area contributed by atoms with Crippen molar-refractivity contribution in [3.63, 3.8) is 0 Å². The Morgan fingerprint density at radius 1 is 1.24 bits per heavy atom. The third-order valence-corrected chi connectivity index (χ3v) is 4.14. The molecule has 0 fully saturated rings. The van der Waals surface area contributed by atoms with Gasteiger partial charge in [-0.1, -0.05) is 39.8 Å². The van der Waals surface area contributed by atoms with Crippen LogP contribution in [0.5, 0.6) is 0 Å². The number of ether oxygens (including phenoxy) is 1. The second kappa shape index (κ2) is 20.3. The summed E-state index contributed by atoms with van der Waals surface area (Å²) in [5.74, 6) is 0.154. The molecule has 2 N–H and O–H groups in total. The molecule has 198 valence electrons. The number of amides is 1. The highest BCUT2D eigenvalue weighted by molar-refractivity contribution is 5.97. The highest BCUT2D eigenvalue weighted by Crippen LogP contribution is 2.12. The number of carbonyl (C=O) groups is 2. The number of hydrogen-bond donors (Lipinski definition) is 2. The molecular formula is C25H49N5O4. The molecule has 0 radical (unpaired) electrons. The van der Waals surface area contributed by atoms with E-state index in [1.165, 1.54) is 12.2 Å². The second-order valence-corrected chi connectivity index (χ2v) is 9.00. The van der Waals surface area contributed by atoms with Crippen LogP contribution in [0.4, 0.5) is 0 Å². The molecule has 0 aliphatic heterocycles. The highest BCUT2D eigenvalue weighted by Gasteiger charge is 2.20. The van der Waals surface area contributed by atoms with Crippen LogP contribution in [0.1, 0.15) is 73.4 Å². The normalized spacial score (nSPS) is 11.2. The molecule has 0 saturated carbocycles. The van der Waals surface area contributed by atoms with Crippen LogP contribution < -0.4 is 5.32 Å². The zero-order chi connectivity index (χ0) is 26.6. The Labute approximate surface area is 206 Å². The third-order valence-electron chi connectivity index (χ3n) is 4.14. The maximum atomic E-state index is 11.5. The van der Waals surface area contributed by atoms with Crippen molar-refractivity contribution >= 4 is 11.7 Å². The standard InChI is InChI=1S/C19H33N5O3.C4H10O.C2H6/c1-6-17(25)10-11-18(26)20-12-8-7-9-16-13-24(22-21-16)14-19(2,3)27-15-23(4)5;1-4(2)3-5;1-2/h10-11,13H,6-9,12,14-15H2,1-5H3,(H,20,26);4-5H,3H2,1-2H3;1-2H3/b11-10+;;. The van der Waals surface area contributed by atoms with Crippen molar-refractivity contribution in [2.24, 2.45) is 5.92 Å². The fraction of sp³-hybridized carbons (Fsp3) is 0.760. The van der Waals surface area contributed by atoms with Crippen LogP contribution >= 0.6 is 0 Å². The second-order valence-electron chi connectivity index (χ2n) is 9.00. The molecule has 1 amide bonds. The van der Waals surface area contributed by atoms with Gasteiger partial charge in [-0.15, -0.1) is 5.10 Å². The third kappa shape index (κ3) is 20.5. The fourth-order valence-corrected chi connectivity index (χ4v) is 2.26. The van der Waals surface area contributed by atoms with Gasteiger partial charge in [-0.2, -0.15) is 0 Å². The Morgan fingerprint density at radius 2 is 1.85 bits per heavy atom. The van der Waals surface area contributed by atoms with E-state index in [1.54, 1.807) is 6.92 Å². The van der Waals surface area contributed by atoms with Gasteiger partial charge in [0, 0.05) is 31.8 Å². The molecule has 34 heavy (non-hydrogen) atoms. The number of aliphatic hydroxyl groups is 1. The van der Waals surface area contributed by atoms with E-state index in [0.29, 0.717) is 38.8 Å². The zero-order valence-corrected chi connectivity index (χ0v) is 22.9. The number of hydrogen-bond acceptors (Lipinski definition) is 7. The predicted molar refractivity (Wildman–Crippen MR) is 137 cm³/mol. The number of carbonyl (C=O) groups excluding carboxylic acids is 2. The van der Waals surface area contributed by atoms with Gasteiger partial charge in [-0.3, -0.25) is 14.5 Å². The van der Waals surface area contributed by atoms with E-state index in [0.717, 1.165) is 25.0 Å². The molecule has 9 nitrogen and oxygen atoms in total. The van der Waals surface area contributed by atoms with Gasteiger partial charge in [0.1, 0.15) is 0 Å². The molecule has 1 aromatic heterocycles. The lowest BCUT2D eigenvalue weighted by Gasteiger charge is -2.26. The monoisotopic (exact) mass is 483 g/mol. The number of aliphatic hydroxyl groups excluding tert-OH is 1. The summed E-state index contributed by atoms with van der Waals surface area (Å²) in [6.07, 6.45) is 7.50. The maximum absolute atomic E-state index is 11.5. The minimum Gasteiger partial charge on any atom is -0.396 e. The van der Waals surface area contributed by atoms with Gasteiger partial charge in [0.25, 0.3) is 0 Å². The zero-order valence-electron chi connectivity index (χ0n) is 22.9. The van der Waals surface area contributed by atoms with Crippen LogP contribution in [0, 0.1) is 5.92 Å². The van der Waals surface area contributed by atoms with E-state index in [4.69, 9.17) is 9.84 Å². The summed E-state index contributed by atoms with van der Waals surface area (Å²) in [4.78, 5) is 24.6. The van der Waals surface area contributed by atoms with E-state index in [1.807, 2.05) is 71.4 Å². The number of nitrogens with one attached hydrogen (secondary N) is 1. The summed E-state index contributed by atoms with van der Waals surface area (Å²) in [6, 6.07) is 0. The molecule has 1 aromatic rings. The molecule has 0 atom stereocenters. The lowest BCUT2D eigenvalue weighted by atomic mass is 10.1. The molecule has 0 bridgehead atoms. The molecule has 9 heteroatoms. The van der Waals surface area contributed by atoms with Crippen LogP contribution in [-0.4, -0.2) is 76.3 Å². The number of unbranched alkanes of at least 4 members (excludes halogenated alkanes) is 1. The molecule has 0 aliphatic carbocycles. The van der Waals surface area contributed by atoms with Crippen molar-refractivity contribution in [2.45, 2.75) is 86.3 Å². The molecule has 1 heterocycles. The summed E-state index contributed by atoms with van der Waals surface area (Å²) in [5, 5.41) is 19.3. The molecule has 0 saturated heterocycles. The molecular weight excluding hydrogens is 434 g/mol. The van der Waals surface area contributed by atoms with Gasteiger partial charge in [0.05, 0.1) is 24.6 Å². The Bertz CT molecular complexity index is 685. The predicted octanol–water partition coefficient (Wildman–Crippen LogP) is 3.23. The highest BCUT2D eigenvalue weighted by atomic mass is 16.5. The lowest BCUT2D eigenvalue weighted by Crippen LogP contribution is -2.34. The fourth-order valence-electron chi connectivity index (χ4n) is 2.26. The summed E-state index contributed by atoms with van der Waals surface area (Å²) in [7, 11) is 3.93. The molecule has 0 unspecified atom stereocenters. The molecule has 1 rings (SSSR count). The van der Waals surface area contributed by atoms with E-state index in [9.17, 15) is 9.59 Å².